The number of aryl methyl sites for hydroxylation is 1. The molecule has 0 saturated carbocycles. The SMILES string of the molecule is C=CCN(C)[C@H]1C[C@@H](C)O[C@@](C)(O[C@@H]2[C@@H](C)C(OC(=O)Cc3cccnc3)[C@@H](C)C(=O)O[C@H](CC)[C@@]3(C)OC(=O)N(CCCCc4cccc5cnccc45)[C@@H]3[C@@H](C)C(=O)[C@H](C)C[C@@]2(C)OC)[C@@H]1O. The van der Waals surface area contributed by atoms with Crippen LogP contribution in [0.25, 0.3) is 10.8 Å². The fraction of sp³-hybridized carbons (Fsp3) is 0.630. The van der Waals surface area contributed by atoms with Gasteiger partial charge in [0.1, 0.15) is 24.1 Å². The molecule has 378 valence electrons. The fourth-order valence-electron chi connectivity index (χ4n) is 11.5. The molecule has 1 unspecified atom stereocenters. The molecule has 15 heteroatoms. The Morgan fingerprint density at radius 2 is 1.74 bits per heavy atom. The highest BCUT2D eigenvalue weighted by molar-refractivity contribution is 5.86. The Balaban J connectivity index is 1.39. The normalized spacial score (nSPS) is 34.7. The number of rotatable bonds is 15. The zero-order valence-corrected chi connectivity index (χ0v) is 42.6. The van der Waals surface area contributed by atoms with E-state index >= 15 is 4.79 Å². The fourth-order valence-corrected chi connectivity index (χ4v) is 11.5. The first-order valence-electron chi connectivity index (χ1n) is 24.8. The van der Waals surface area contributed by atoms with Gasteiger partial charge in [0, 0.05) is 74.2 Å². The van der Waals surface area contributed by atoms with E-state index in [1.165, 1.54) is 12.7 Å². The smallest absolute Gasteiger partial charge is 0.410 e. The third-order valence-electron chi connectivity index (χ3n) is 15.2. The summed E-state index contributed by atoms with van der Waals surface area (Å²) in [6.07, 6.45) is 6.08. The highest BCUT2D eigenvalue weighted by Gasteiger charge is 2.61. The number of carbonyl (C=O) groups is 4. The molecule has 6 rings (SSSR count). The molecule has 14 atom stereocenters. The largest absolute Gasteiger partial charge is 0.461 e. The molecule has 3 aromatic rings. The summed E-state index contributed by atoms with van der Waals surface area (Å²) in [5.74, 6) is -6.52. The number of ether oxygens (including phenoxy) is 6. The number of aliphatic hydroxyl groups excluding tert-OH is 1. The van der Waals surface area contributed by atoms with Gasteiger partial charge in [-0.1, -0.05) is 58.0 Å². The Hall–Kier alpha value is -4.80. The lowest BCUT2D eigenvalue weighted by Crippen LogP contribution is -2.65. The minimum absolute atomic E-state index is 0.106. The number of aromatic nitrogens is 2. The molecule has 5 heterocycles. The number of fused-ring (bicyclic) bond motifs is 2. The average Bonchev–Trinajstić information content (AvgIpc) is 3.59. The summed E-state index contributed by atoms with van der Waals surface area (Å²) in [5.41, 5.74) is -0.981. The number of carbonyl (C=O) groups excluding carboxylic acids is 4. The van der Waals surface area contributed by atoms with Crippen LogP contribution in [0.1, 0.15) is 106 Å². The quantitative estimate of drug-likeness (QED) is 0.0679. The van der Waals surface area contributed by atoms with Crippen molar-refractivity contribution in [2.24, 2.45) is 23.7 Å². The van der Waals surface area contributed by atoms with Gasteiger partial charge in [0.15, 0.2) is 11.4 Å². The van der Waals surface area contributed by atoms with Gasteiger partial charge in [-0.3, -0.25) is 29.3 Å². The number of methoxy groups -OCH3 is 1. The molecule has 1 aromatic carbocycles. The van der Waals surface area contributed by atoms with Gasteiger partial charge in [-0.25, -0.2) is 4.79 Å². The van der Waals surface area contributed by atoms with E-state index in [-0.39, 0.29) is 31.1 Å². The number of hydrogen-bond acceptors (Lipinski definition) is 14. The van der Waals surface area contributed by atoms with Crippen LogP contribution in [0.15, 0.2) is 73.8 Å². The van der Waals surface area contributed by atoms with Gasteiger partial charge in [-0.2, -0.15) is 0 Å². The number of cyclic esters (lactones) is 1. The Labute approximate surface area is 408 Å². The van der Waals surface area contributed by atoms with Gasteiger partial charge in [0.25, 0.3) is 0 Å². The van der Waals surface area contributed by atoms with Crippen molar-refractivity contribution in [3.05, 3.63) is 85.0 Å². The Morgan fingerprint density at radius 3 is 2.42 bits per heavy atom. The van der Waals surface area contributed by atoms with Gasteiger partial charge < -0.3 is 38.4 Å². The molecule has 1 N–H and O–H groups in total. The van der Waals surface area contributed by atoms with Gasteiger partial charge in [-0.15, -0.1) is 6.58 Å². The standard InChI is InChI=1S/C54H76N4O11/c1-13-26-57(11)42-28-34(4)67-54(10,48(42)61)68-49-36(6)46(66-44(59)29-38-19-18-24-55-31-38)37(7)50(62)65-43(14-2)53(9)47(35(5)45(60)33(3)30-52(49,8)64-12)58(51(63)69-53)27-16-15-20-39-21-17-22-40-32-56-25-23-41(39)40/h13,17-19,21-25,31-37,42-43,46-49,61H,1,14-16,20,26-30H2,2-12H3/t33-,34-,35+,36+,37-,42+,43-,46?,47-,48-,49-,52-,53-,54+/m1/s1. The molecule has 3 aliphatic heterocycles. The van der Waals surface area contributed by atoms with Crippen molar-refractivity contribution in [1.29, 1.82) is 0 Å². The van der Waals surface area contributed by atoms with E-state index < -0.39 is 95.2 Å². The average molecular weight is 957 g/mol. The van der Waals surface area contributed by atoms with Crippen molar-refractivity contribution in [3.8, 4) is 0 Å². The Bertz CT molecular complexity index is 2260. The van der Waals surface area contributed by atoms with Crippen LogP contribution in [-0.2, 0) is 55.6 Å². The molecule has 0 bridgehead atoms. The molecule has 3 fully saturated rings. The Kier molecular flexibility index (Phi) is 17.5. The van der Waals surface area contributed by atoms with Crippen LogP contribution in [0, 0.1) is 23.7 Å². The zero-order valence-electron chi connectivity index (χ0n) is 42.6. The first kappa shape index (κ1) is 53.5. The lowest BCUT2D eigenvalue weighted by molar-refractivity contribution is -0.358. The lowest BCUT2D eigenvalue weighted by Gasteiger charge is -2.52. The van der Waals surface area contributed by atoms with E-state index in [1.54, 1.807) is 69.4 Å². The second kappa shape index (κ2) is 22.5. The van der Waals surface area contributed by atoms with Crippen LogP contribution in [0.3, 0.4) is 0 Å². The number of ketones is 1. The molecule has 0 radical (unpaired) electrons. The van der Waals surface area contributed by atoms with Crippen LogP contribution in [0.5, 0.6) is 0 Å². The molecule has 0 spiro atoms. The minimum atomic E-state index is -1.64. The van der Waals surface area contributed by atoms with Crippen LogP contribution in [-0.4, -0.2) is 136 Å². The van der Waals surface area contributed by atoms with Crippen LogP contribution in [0.4, 0.5) is 4.79 Å². The summed E-state index contributed by atoms with van der Waals surface area (Å²) >= 11 is 0. The number of Topliss-reactive ketones (excluding diaryl/α,β-unsaturated/α-hetero) is 1. The third-order valence-corrected chi connectivity index (χ3v) is 15.2. The number of esters is 2. The van der Waals surface area contributed by atoms with Gasteiger partial charge in [0.2, 0.25) is 0 Å². The van der Waals surface area contributed by atoms with Gasteiger partial charge in [-0.05, 0) is 109 Å². The topological polar surface area (TPSA) is 176 Å². The van der Waals surface area contributed by atoms with E-state index in [0.717, 1.165) is 23.6 Å². The predicted molar refractivity (Wildman–Crippen MR) is 261 cm³/mol. The summed E-state index contributed by atoms with van der Waals surface area (Å²) in [4.78, 5) is 70.3. The molecule has 1 amide bonds. The molecule has 2 aromatic heterocycles. The number of unbranched alkanes of at least 4 members (excludes halogenated alkanes) is 1. The highest BCUT2D eigenvalue weighted by Crippen LogP contribution is 2.45. The lowest BCUT2D eigenvalue weighted by atomic mass is 9.73. The number of likely N-dealkylation sites (N-methyl/N-ethyl adjacent to an activating group) is 1. The van der Waals surface area contributed by atoms with Crippen molar-refractivity contribution in [3.63, 3.8) is 0 Å². The first-order valence-corrected chi connectivity index (χ1v) is 24.8. The number of hydrogen-bond donors (Lipinski definition) is 1. The summed E-state index contributed by atoms with van der Waals surface area (Å²) in [7, 11) is 3.43. The summed E-state index contributed by atoms with van der Waals surface area (Å²) < 4.78 is 39.3. The van der Waals surface area contributed by atoms with E-state index in [2.05, 4.69) is 22.6 Å². The maximum Gasteiger partial charge on any atom is 0.410 e. The van der Waals surface area contributed by atoms with E-state index in [1.807, 2.05) is 71.0 Å². The molecule has 3 aliphatic rings. The predicted octanol–water partition coefficient (Wildman–Crippen LogP) is 7.69. The second-order valence-corrected chi connectivity index (χ2v) is 20.4. The molecular formula is C54H76N4O11. The van der Waals surface area contributed by atoms with Crippen molar-refractivity contribution in [2.45, 2.75) is 167 Å². The number of aliphatic hydroxyl groups is 1. The van der Waals surface area contributed by atoms with Crippen molar-refractivity contribution in [1.82, 2.24) is 19.8 Å². The maximum atomic E-state index is 15.2. The molecular weight excluding hydrogens is 881 g/mol. The van der Waals surface area contributed by atoms with Crippen molar-refractivity contribution >= 4 is 34.6 Å². The third kappa shape index (κ3) is 11.5. The van der Waals surface area contributed by atoms with Gasteiger partial charge >= 0.3 is 18.0 Å². The molecule has 69 heavy (non-hydrogen) atoms. The van der Waals surface area contributed by atoms with E-state index in [0.29, 0.717) is 31.5 Å². The van der Waals surface area contributed by atoms with Crippen molar-refractivity contribution in [2.75, 3.05) is 27.2 Å². The summed E-state index contributed by atoms with van der Waals surface area (Å²) in [5, 5.41) is 14.4. The first-order chi connectivity index (χ1) is 32.7. The molecule has 3 saturated heterocycles. The Morgan fingerprint density at radius 1 is 1.00 bits per heavy atom. The number of nitrogens with zero attached hydrogens (tertiary/aromatic N) is 4. The van der Waals surface area contributed by atoms with Crippen LogP contribution in [0.2, 0.25) is 0 Å². The maximum absolute atomic E-state index is 15.2. The van der Waals surface area contributed by atoms with Crippen LogP contribution < -0.4 is 0 Å². The van der Waals surface area contributed by atoms with Crippen molar-refractivity contribution < 1.29 is 52.7 Å². The monoisotopic (exact) mass is 957 g/mol. The number of pyridine rings is 2. The van der Waals surface area contributed by atoms with Crippen LogP contribution >= 0.6 is 0 Å². The molecule has 0 aliphatic carbocycles. The molecule has 15 nitrogen and oxygen atoms in total. The van der Waals surface area contributed by atoms with Gasteiger partial charge in [0.05, 0.1) is 36.2 Å². The number of amides is 1. The second-order valence-electron chi connectivity index (χ2n) is 20.4. The number of benzene rings is 1. The summed E-state index contributed by atoms with van der Waals surface area (Å²) in [6, 6.07) is 10.4. The minimum Gasteiger partial charge on any atom is -0.461 e. The van der Waals surface area contributed by atoms with E-state index in [4.69, 9.17) is 28.4 Å². The van der Waals surface area contributed by atoms with E-state index in [9.17, 15) is 19.5 Å². The zero-order chi connectivity index (χ0) is 50.4. The summed E-state index contributed by atoms with van der Waals surface area (Å²) in [6.45, 7) is 20.8. The highest BCUT2D eigenvalue weighted by atomic mass is 16.7.